The van der Waals surface area contributed by atoms with Crippen LogP contribution in [0.2, 0.25) is 0 Å². The molecule has 0 unspecified atom stereocenters. The van der Waals surface area contributed by atoms with Crippen molar-refractivity contribution in [2.75, 3.05) is 19.3 Å². The van der Waals surface area contributed by atoms with Gasteiger partial charge in [0, 0.05) is 30.9 Å². The van der Waals surface area contributed by atoms with Gasteiger partial charge < -0.3 is 4.90 Å². The summed E-state index contributed by atoms with van der Waals surface area (Å²) < 4.78 is 12.6. The van der Waals surface area contributed by atoms with Gasteiger partial charge >= 0.3 is 0 Å². The van der Waals surface area contributed by atoms with E-state index in [1.165, 1.54) is 24.0 Å². The smallest absolute Gasteiger partial charge is 0.254 e. The van der Waals surface area contributed by atoms with Crippen LogP contribution in [0, 0.1) is 17.3 Å². The summed E-state index contributed by atoms with van der Waals surface area (Å²) >= 11 is 1.54. The van der Waals surface area contributed by atoms with Gasteiger partial charge in [-0.3, -0.25) is 4.79 Å². The van der Waals surface area contributed by atoms with Crippen LogP contribution in [-0.4, -0.2) is 39.9 Å². The molecular formula is C13H14FN3OS. The molecule has 0 aliphatic carbocycles. The van der Waals surface area contributed by atoms with E-state index < -0.39 is 5.95 Å². The minimum absolute atomic E-state index is 0.200. The molecule has 0 radical (unpaired) electrons. The molecule has 1 amide bonds. The summed E-state index contributed by atoms with van der Waals surface area (Å²) in [5, 5.41) is 9.19. The number of rotatable bonds is 2. The summed E-state index contributed by atoms with van der Waals surface area (Å²) in [7, 11) is 0. The van der Waals surface area contributed by atoms with Gasteiger partial charge in [0.2, 0.25) is 5.95 Å². The Morgan fingerprint density at radius 2 is 2.26 bits per heavy atom. The second-order valence-electron chi connectivity index (χ2n) is 4.47. The van der Waals surface area contributed by atoms with Crippen LogP contribution in [0.25, 0.3) is 0 Å². The van der Waals surface area contributed by atoms with Crippen LogP contribution in [0.4, 0.5) is 4.39 Å². The third kappa shape index (κ3) is 2.87. The lowest BCUT2D eigenvalue weighted by atomic mass is 9.97. The fourth-order valence-electron chi connectivity index (χ4n) is 2.15. The quantitative estimate of drug-likeness (QED) is 0.778. The summed E-state index contributed by atoms with van der Waals surface area (Å²) in [6.07, 6.45) is 4.49. The third-order valence-corrected chi connectivity index (χ3v) is 4.71. The fourth-order valence-corrected chi connectivity index (χ4v) is 2.83. The van der Waals surface area contributed by atoms with Gasteiger partial charge in [0.05, 0.1) is 6.07 Å². The van der Waals surface area contributed by atoms with Crippen LogP contribution in [0.15, 0.2) is 18.3 Å². The van der Waals surface area contributed by atoms with E-state index in [4.69, 9.17) is 0 Å². The standard InChI is InChI=1S/C13H14FN3OS/c1-19-13(9-15)3-6-17(7-4-13)12(18)10-2-5-16-11(14)8-10/h2,5,8H,3-4,6-7H2,1H3. The van der Waals surface area contributed by atoms with E-state index >= 15 is 0 Å². The molecule has 1 aromatic heterocycles. The van der Waals surface area contributed by atoms with E-state index in [0.717, 1.165) is 6.07 Å². The molecule has 1 aliphatic heterocycles. The van der Waals surface area contributed by atoms with E-state index in [1.54, 1.807) is 4.90 Å². The van der Waals surface area contributed by atoms with Gasteiger partial charge in [-0.05, 0) is 25.2 Å². The van der Waals surface area contributed by atoms with E-state index in [-0.39, 0.29) is 10.7 Å². The minimum Gasteiger partial charge on any atom is -0.338 e. The van der Waals surface area contributed by atoms with Gasteiger partial charge in [-0.15, -0.1) is 11.8 Å². The second kappa shape index (κ2) is 5.57. The molecule has 0 atom stereocenters. The summed E-state index contributed by atoms with van der Waals surface area (Å²) in [5.74, 6) is -0.854. The second-order valence-corrected chi connectivity index (χ2v) is 5.66. The predicted molar refractivity (Wildman–Crippen MR) is 71.2 cm³/mol. The SMILES string of the molecule is CSC1(C#N)CCN(C(=O)c2ccnc(F)c2)CC1. The van der Waals surface area contributed by atoms with Gasteiger partial charge in [-0.1, -0.05) is 0 Å². The van der Waals surface area contributed by atoms with Crippen molar-refractivity contribution in [2.24, 2.45) is 0 Å². The van der Waals surface area contributed by atoms with Crippen molar-refractivity contribution in [1.82, 2.24) is 9.88 Å². The predicted octanol–water partition coefficient (Wildman–Crippen LogP) is 2.08. The Morgan fingerprint density at radius 3 is 2.79 bits per heavy atom. The number of amides is 1. The number of nitrogens with zero attached hydrogens (tertiary/aromatic N) is 3. The molecule has 1 saturated heterocycles. The first-order chi connectivity index (χ1) is 9.10. The van der Waals surface area contributed by atoms with E-state index in [2.05, 4.69) is 11.1 Å². The number of hydrogen-bond donors (Lipinski definition) is 0. The third-order valence-electron chi connectivity index (χ3n) is 3.43. The average molecular weight is 279 g/mol. The van der Waals surface area contributed by atoms with Gasteiger partial charge in [0.15, 0.2) is 0 Å². The Morgan fingerprint density at radius 1 is 1.58 bits per heavy atom. The molecule has 0 N–H and O–H groups in total. The Balaban J connectivity index is 2.06. The molecule has 19 heavy (non-hydrogen) atoms. The lowest BCUT2D eigenvalue weighted by molar-refractivity contribution is 0.0716. The highest BCUT2D eigenvalue weighted by atomic mass is 32.2. The zero-order valence-corrected chi connectivity index (χ0v) is 11.4. The van der Waals surface area contributed by atoms with Gasteiger partial charge in [-0.2, -0.15) is 9.65 Å². The summed E-state index contributed by atoms with van der Waals surface area (Å²) in [4.78, 5) is 17.3. The van der Waals surface area contributed by atoms with Gasteiger partial charge in [0.1, 0.15) is 4.75 Å². The molecule has 2 rings (SSSR count). The van der Waals surface area contributed by atoms with E-state index in [1.807, 2.05) is 6.26 Å². The van der Waals surface area contributed by atoms with Crippen LogP contribution in [0.5, 0.6) is 0 Å². The average Bonchev–Trinajstić information content (AvgIpc) is 2.46. The number of piperidine rings is 1. The molecule has 0 saturated carbocycles. The van der Waals surface area contributed by atoms with Crippen molar-refractivity contribution >= 4 is 17.7 Å². The molecule has 4 nitrogen and oxygen atoms in total. The molecule has 100 valence electrons. The zero-order chi connectivity index (χ0) is 13.9. The van der Waals surface area contributed by atoms with Crippen molar-refractivity contribution in [2.45, 2.75) is 17.6 Å². The number of carbonyl (C=O) groups excluding carboxylic acids is 1. The van der Waals surface area contributed by atoms with Crippen molar-refractivity contribution in [1.29, 1.82) is 5.26 Å². The highest BCUT2D eigenvalue weighted by Crippen LogP contribution is 2.34. The highest BCUT2D eigenvalue weighted by molar-refractivity contribution is 8.00. The Bertz CT molecular complexity index is 521. The first-order valence-electron chi connectivity index (χ1n) is 5.97. The maximum atomic E-state index is 13.0. The molecule has 0 bridgehead atoms. The van der Waals surface area contributed by atoms with Crippen molar-refractivity contribution in [3.63, 3.8) is 0 Å². The maximum absolute atomic E-state index is 13.0. The number of likely N-dealkylation sites (tertiary alicyclic amines) is 1. The monoisotopic (exact) mass is 279 g/mol. The zero-order valence-electron chi connectivity index (χ0n) is 10.6. The molecule has 2 heterocycles. The maximum Gasteiger partial charge on any atom is 0.254 e. The van der Waals surface area contributed by atoms with Crippen LogP contribution in [-0.2, 0) is 0 Å². The van der Waals surface area contributed by atoms with E-state index in [0.29, 0.717) is 31.5 Å². The van der Waals surface area contributed by atoms with E-state index in [9.17, 15) is 14.4 Å². The molecule has 0 spiro atoms. The number of thioether (sulfide) groups is 1. The topological polar surface area (TPSA) is 57.0 Å². The number of nitriles is 1. The van der Waals surface area contributed by atoms with Crippen LogP contribution >= 0.6 is 11.8 Å². The highest BCUT2D eigenvalue weighted by Gasteiger charge is 2.35. The number of halogens is 1. The first kappa shape index (κ1) is 13.8. The van der Waals surface area contributed by atoms with Crippen molar-refractivity contribution in [3.05, 3.63) is 29.8 Å². The Hall–Kier alpha value is -1.61. The molecule has 0 aromatic carbocycles. The van der Waals surface area contributed by atoms with Crippen molar-refractivity contribution in [3.8, 4) is 6.07 Å². The number of hydrogen-bond acceptors (Lipinski definition) is 4. The van der Waals surface area contributed by atoms with Gasteiger partial charge in [-0.25, -0.2) is 4.98 Å². The lowest BCUT2D eigenvalue weighted by Gasteiger charge is -2.36. The number of carbonyl (C=O) groups is 1. The summed E-state index contributed by atoms with van der Waals surface area (Å²) in [6, 6.07) is 4.98. The van der Waals surface area contributed by atoms with Gasteiger partial charge in [0.25, 0.3) is 5.91 Å². The van der Waals surface area contributed by atoms with Crippen LogP contribution in [0.3, 0.4) is 0 Å². The Kier molecular flexibility index (Phi) is 4.05. The molecule has 1 aliphatic rings. The number of aromatic nitrogens is 1. The normalized spacial score (nSPS) is 17.8. The molecular weight excluding hydrogens is 265 g/mol. The minimum atomic E-state index is -0.654. The number of pyridine rings is 1. The van der Waals surface area contributed by atoms with Crippen LogP contribution < -0.4 is 0 Å². The largest absolute Gasteiger partial charge is 0.338 e. The molecule has 1 fully saturated rings. The van der Waals surface area contributed by atoms with Crippen molar-refractivity contribution < 1.29 is 9.18 Å². The molecule has 1 aromatic rings. The summed E-state index contributed by atoms with van der Waals surface area (Å²) in [6.45, 7) is 1.05. The molecule has 6 heteroatoms. The first-order valence-corrected chi connectivity index (χ1v) is 7.20. The lowest BCUT2D eigenvalue weighted by Crippen LogP contribution is -2.44. The van der Waals surface area contributed by atoms with Crippen LogP contribution in [0.1, 0.15) is 23.2 Å². The fraction of sp³-hybridized carbons (Fsp3) is 0.462. The summed E-state index contributed by atoms with van der Waals surface area (Å²) in [5.41, 5.74) is 0.307. The Labute approximate surface area is 115 Å².